The second kappa shape index (κ2) is 26.9. The first-order chi connectivity index (χ1) is 35.8. The second-order valence-corrected chi connectivity index (χ2v) is 16.9. The summed E-state index contributed by atoms with van der Waals surface area (Å²) in [5.41, 5.74) is 6.86. The predicted molar refractivity (Wildman–Crippen MR) is 288 cm³/mol. The summed E-state index contributed by atoms with van der Waals surface area (Å²) in [7, 11) is 0. The summed E-state index contributed by atoms with van der Waals surface area (Å²) in [6.07, 6.45) is 8.93. The van der Waals surface area contributed by atoms with Gasteiger partial charge >= 0.3 is 0 Å². The fraction of sp³-hybridized carbons (Fsp3) is 0.224. The molecule has 0 radical (unpaired) electrons. The van der Waals surface area contributed by atoms with E-state index in [2.05, 4.69) is 51.4 Å². The number of anilines is 3. The molecule has 3 heterocycles. The average molecular weight is 975 g/mol. The number of aromatic nitrogens is 9. The zero-order valence-electron chi connectivity index (χ0n) is 41.9. The summed E-state index contributed by atoms with van der Waals surface area (Å²) in [5, 5.41) is 26.0. The van der Waals surface area contributed by atoms with Gasteiger partial charge in [-0.25, -0.2) is 0 Å². The molecule has 0 saturated carbocycles. The van der Waals surface area contributed by atoms with Gasteiger partial charge in [-0.1, -0.05) is 149 Å². The molecule has 9 aromatic rings. The van der Waals surface area contributed by atoms with E-state index in [1.807, 2.05) is 189 Å². The van der Waals surface area contributed by atoms with Crippen molar-refractivity contribution in [3.8, 4) is 17.1 Å². The van der Waals surface area contributed by atoms with Crippen LogP contribution in [-0.4, -0.2) is 82.3 Å². The third-order valence-corrected chi connectivity index (χ3v) is 11.5. The van der Waals surface area contributed by atoms with Crippen LogP contribution in [0.2, 0.25) is 0 Å². The Morgan fingerprint density at radius 1 is 0.384 bits per heavy atom. The largest absolute Gasteiger partial charge is 0.307 e. The van der Waals surface area contributed by atoms with Crippen LogP contribution in [-0.2, 0) is 0 Å². The minimum absolute atomic E-state index is 0.112. The van der Waals surface area contributed by atoms with Crippen LogP contribution >= 0.6 is 0 Å². The summed E-state index contributed by atoms with van der Waals surface area (Å²) < 4.78 is 0. The minimum atomic E-state index is -0.128. The standard InChI is InChI=1S/C20H22N4O.2C19H20N4O/c1-3-4-15-23(17-11-7-5-8-12-17)20(25)19-16(2)21-24(22-19)18-13-9-6-10-14-18;2*1-2-3-14-22(16-10-6-4-7-11-16)19(24)18-15-20-23(21-18)17-12-8-5-9-13-17/h5-14H,3-4,15H2,1-2H3;2*4-13,15H,2-3,14H2,1H3. The van der Waals surface area contributed by atoms with Gasteiger partial charge in [0.05, 0.1) is 35.1 Å². The van der Waals surface area contributed by atoms with Crippen LogP contribution < -0.4 is 14.7 Å². The third-order valence-electron chi connectivity index (χ3n) is 11.5. The molecule has 73 heavy (non-hydrogen) atoms. The maximum absolute atomic E-state index is 13.1. The van der Waals surface area contributed by atoms with Gasteiger partial charge in [0.1, 0.15) is 0 Å². The van der Waals surface area contributed by atoms with E-state index < -0.39 is 0 Å². The zero-order valence-corrected chi connectivity index (χ0v) is 41.9. The van der Waals surface area contributed by atoms with Gasteiger partial charge < -0.3 is 14.7 Å². The Morgan fingerprint density at radius 3 is 1.01 bits per heavy atom. The lowest BCUT2D eigenvalue weighted by atomic mass is 10.2. The van der Waals surface area contributed by atoms with Crippen LogP contribution in [0.1, 0.15) is 96.5 Å². The van der Waals surface area contributed by atoms with Crippen molar-refractivity contribution in [3.05, 3.63) is 217 Å². The van der Waals surface area contributed by atoms with E-state index in [1.165, 1.54) is 26.8 Å². The van der Waals surface area contributed by atoms with E-state index in [0.717, 1.165) is 72.6 Å². The van der Waals surface area contributed by atoms with E-state index >= 15 is 0 Å². The van der Waals surface area contributed by atoms with Crippen LogP contribution in [0.3, 0.4) is 0 Å². The molecular formula is C58H62N12O3. The van der Waals surface area contributed by atoms with Gasteiger partial charge in [-0.05, 0) is 99.0 Å². The topological polar surface area (TPSA) is 153 Å². The highest BCUT2D eigenvalue weighted by atomic mass is 16.2. The van der Waals surface area contributed by atoms with Crippen LogP contribution in [0.5, 0.6) is 0 Å². The summed E-state index contributed by atoms with van der Waals surface area (Å²) in [4.78, 5) is 48.7. The number of hydrogen-bond acceptors (Lipinski definition) is 9. The Hall–Kier alpha value is -8.85. The first-order valence-corrected chi connectivity index (χ1v) is 24.8. The number of para-hydroxylation sites is 6. The highest BCUT2D eigenvalue weighted by molar-refractivity contribution is 6.06. The molecule has 0 N–H and O–H groups in total. The maximum atomic E-state index is 13.1. The van der Waals surface area contributed by atoms with E-state index in [9.17, 15) is 14.4 Å². The Kier molecular flexibility index (Phi) is 19.2. The summed E-state index contributed by atoms with van der Waals surface area (Å²) in [5.74, 6) is -0.368. The highest BCUT2D eigenvalue weighted by Crippen LogP contribution is 2.21. The normalized spacial score (nSPS) is 10.6. The van der Waals surface area contributed by atoms with Gasteiger partial charge in [0.2, 0.25) is 0 Å². The van der Waals surface area contributed by atoms with Crippen molar-refractivity contribution in [2.75, 3.05) is 34.3 Å². The Morgan fingerprint density at radius 2 is 0.685 bits per heavy atom. The lowest BCUT2D eigenvalue weighted by Gasteiger charge is -2.21. The molecule has 0 spiro atoms. The number of aryl methyl sites for hydroxylation is 1. The number of unbranched alkanes of at least 4 members (excludes halogenated alkanes) is 3. The van der Waals surface area contributed by atoms with E-state index in [0.29, 0.717) is 42.4 Å². The molecular weight excluding hydrogens is 913 g/mol. The van der Waals surface area contributed by atoms with Crippen molar-refractivity contribution in [1.29, 1.82) is 0 Å². The first kappa shape index (κ1) is 52.0. The van der Waals surface area contributed by atoms with Crippen LogP contribution in [0.25, 0.3) is 17.1 Å². The molecule has 0 unspecified atom stereocenters. The highest BCUT2D eigenvalue weighted by Gasteiger charge is 2.25. The number of nitrogens with zero attached hydrogens (tertiary/aromatic N) is 12. The molecule has 9 rings (SSSR count). The molecule has 6 aromatic carbocycles. The van der Waals surface area contributed by atoms with Crippen LogP contribution in [0, 0.1) is 6.92 Å². The second-order valence-electron chi connectivity index (χ2n) is 16.9. The average Bonchev–Trinajstić information content (AvgIpc) is 4.25. The Labute approximate surface area is 427 Å². The molecule has 0 atom stereocenters. The molecule has 3 amide bonds. The van der Waals surface area contributed by atoms with Crippen LogP contribution in [0.4, 0.5) is 17.1 Å². The number of rotatable bonds is 18. The SMILES string of the molecule is CCCCN(C(=O)c1cnn(-c2ccccc2)n1)c1ccccc1.CCCCN(C(=O)c1cnn(-c2ccccc2)n1)c1ccccc1.CCCCN(C(=O)c1nn(-c2ccccc2)nc1C)c1ccccc1. The number of hydrogen-bond donors (Lipinski definition) is 0. The molecule has 0 fully saturated rings. The van der Waals surface area contributed by atoms with E-state index in [1.54, 1.807) is 14.7 Å². The van der Waals surface area contributed by atoms with Crippen molar-refractivity contribution < 1.29 is 14.4 Å². The van der Waals surface area contributed by atoms with Gasteiger partial charge in [0.15, 0.2) is 17.1 Å². The fourth-order valence-electron chi connectivity index (χ4n) is 7.57. The molecule has 0 bridgehead atoms. The molecule has 0 aliphatic heterocycles. The minimum Gasteiger partial charge on any atom is -0.307 e. The molecule has 0 saturated heterocycles. The van der Waals surface area contributed by atoms with Crippen molar-refractivity contribution in [2.24, 2.45) is 0 Å². The number of carbonyl (C=O) groups excluding carboxylic acids is 3. The van der Waals surface area contributed by atoms with E-state index in [4.69, 9.17) is 0 Å². The summed E-state index contributed by atoms with van der Waals surface area (Å²) in [6.45, 7) is 10.2. The van der Waals surface area contributed by atoms with Gasteiger partial charge in [-0.2, -0.15) is 29.7 Å². The summed E-state index contributed by atoms with van der Waals surface area (Å²) >= 11 is 0. The zero-order chi connectivity index (χ0) is 51.2. The quantitative estimate of drug-likeness (QED) is 0.0817. The third kappa shape index (κ3) is 14.2. The van der Waals surface area contributed by atoms with Crippen molar-refractivity contribution >= 4 is 34.8 Å². The van der Waals surface area contributed by atoms with Crippen molar-refractivity contribution in [2.45, 2.75) is 66.2 Å². The fourth-order valence-corrected chi connectivity index (χ4v) is 7.57. The lowest BCUT2D eigenvalue weighted by molar-refractivity contribution is 0.0973. The number of benzene rings is 6. The molecule has 0 aliphatic rings. The van der Waals surface area contributed by atoms with Gasteiger partial charge in [0, 0.05) is 36.7 Å². The molecule has 0 aliphatic carbocycles. The molecule has 15 heteroatoms. The Bertz CT molecular complexity index is 2920. The van der Waals surface area contributed by atoms with Gasteiger partial charge in [0.25, 0.3) is 17.7 Å². The molecule has 15 nitrogen and oxygen atoms in total. The number of carbonyl (C=O) groups is 3. The maximum Gasteiger partial charge on any atom is 0.280 e. The molecule has 3 aromatic heterocycles. The monoisotopic (exact) mass is 975 g/mol. The predicted octanol–water partition coefficient (Wildman–Crippen LogP) is 11.5. The first-order valence-electron chi connectivity index (χ1n) is 24.8. The van der Waals surface area contributed by atoms with Crippen molar-refractivity contribution in [3.63, 3.8) is 0 Å². The van der Waals surface area contributed by atoms with Crippen molar-refractivity contribution in [1.82, 2.24) is 45.0 Å². The van der Waals surface area contributed by atoms with Crippen LogP contribution in [0.15, 0.2) is 194 Å². The van der Waals surface area contributed by atoms with Gasteiger partial charge in [-0.15, -0.1) is 15.3 Å². The molecule has 372 valence electrons. The van der Waals surface area contributed by atoms with E-state index in [-0.39, 0.29) is 17.7 Å². The lowest BCUT2D eigenvalue weighted by Crippen LogP contribution is -2.32. The Balaban J connectivity index is 0.000000160. The number of amides is 3. The van der Waals surface area contributed by atoms with Gasteiger partial charge in [-0.3, -0.25) is 14.4 Å². The summed E-state index contributed by atoms with van der Waals surface area (Å²) in [6, 6.07) is 57.9. The smallest absolute Gasteiger partial charge is 0.280 e.